The summed E-state index contributed by atoms with van der Waals surface area (Å²) in [7, 11) is 0. The SMILES string of the molecule is C=C[C@@]1(C)CCc2c3c(cc(O)c2[C@@H]1O)C(C)(C)CCC3. The van der Waals surface area contributed by atoms with Gasteiger partial charge in [-0.2, -0.15) is 0 Å². The van der Waals surface area contributed by atoms with E-state index < -0.39 is 6.10 Å². The van der Waals surface area contributed by atoms with Crippen LogP contribution in [0.2, 0.25) is 0 Å². The molecule has 0 aromatic heterocycles. The molecule has 2 heteroatoms. The van der Waals surface area contributed by atoms with Gasteiger partial charge in [0.1, 0.15) is 5.75 Å². The minimum absolute atomic E-state index is 0.115. The van der Waals surface area contributed by atoms with Crippen molar-refractivity contribution < 1.29 is 10.2 Å². The van der Waals surface area contributed by atoms with Crippen molar-refractivity contribution in [3.8, 4) is 5.75 Å². The first-order valence-electron chi connectivity index (χ1n) is 8.00. The van der Waals surface area contributed by atoms with Crippen molar-refractivity contribution in [3.05, 3.63) is 41.0 Å². The Kier molecular flexibility index (Phi) is 3.21. The summed E-state index contributed by atoms with van der Waals surface area (Å²) in [4.78, 5) is 0. The van der Waals surface area contributed by atoms with Crippen molar-refractivity contribution in [1.82, 2.24) is 0 Å². The van der Waals surface area contributed by atoms with Gasteiger partial charge in [-0.15, -0.1) is 6.58 Å². The van der Waals surface area contributed by atoms with Crippen LogP contribution in [0.3, 0.4) is 0 Å². The van der Waals surface area contributed by atoms with Gasteiger partial charge in [-0.1, -0.05) is 26.8 Å². The third-order valence-corrected chi connectivity index (χ3v) is 5.81. The number of rotatable bonds is 1. The molecule has 2 atom stereocenters. The van der Waals surface area contributed by atoms with Crippen molar-refractivity contribution in [1.29, 1.82) is 0 Å². The summed E-state index contributed by atoms with van der Waals surface area (Å²) >= 11 is 0. The molecule has 0 fully saturated rings. The molecule has 0 spiro atoms. The summed E-state index contributed by atoms with van der Waals surface area (Å²) in [6.45, 7) is 10.4. The number of fused-ring (bicyclic) bond motifs is 3. The fourth-order valence-electron chi connectivity index (χ4n) is 4.18. The fraction of sp³-hybridized carbons (Fsp3) is 0.579. The van der Waals surface area contributed by atoms with E-state index in [0.29, 0.717) is 0 Å². The number of hydrogen-bond donors (Lipinski definition) is 2. The van der Waals surface area contributed by atoms with Crippen LogP contribution in [-0.2, 0) is 18.3 Å². The molecule has 114 valence electrons. The van der Waals surface area contributed by atoms with Gasteiger partial charge in [0.15, 0.2) is 0 Å². The predicted molar refractivity (Wildman–Crippen MR) is 85.7 cm³/mol. The molecular formula is C19H26O2. The number of aromatic hydroxyl groups is 1. The summed E-state index contributed by atoms with van der Waals surface area (Å²) in [5, 5.41) is 21.3. The van der Waals surface area contributed by atoms with Gasteiger partial charge in [-0.05, 0) is 60.3 Å². The van der Waals surface area contributed by atoms with E-state index in [0.717, 1.165) is 31.2 Å². The van der Waals surface area contributed by atoms with Crippen LogP contribution >= 0.6 is 0 Å². The highest BCUT2D eigenvalue weighted by Gasteiger charge is 2.41. The van der Waals surface area contributed by atoms with Crippen LogP contribution in [0.1, 0.15) is 68.4 Å². The number of hydrogen-bond acceptors (Lipinski definition) is 2. The van der Waals surface area contributed by atoms with E-state index in [1.54, 1.807) is 0 Å². The van der Waals surface area contributed by atoms with Gasteiger partial charge in [0.2, 0.25) is 0 Å². The molecule has 1 aromatic carbocycles. The lowest BCUT2D eigenvalue weighted by atomic mass is 9.65. The standard InChI is InChI=1S/C19H26O2/c1-5-19(4)10-8-13-12-7-6-9-18(2,3)14(12)11-15(20)16(13)17(19)21/h5,11,17,20-21H,1,6-10H2,2-4H3/t17-,19-/m0/s1. The molecule has 2 aliphatic rings. The second kappa shape index (κ2) is 4.61. The summed E-state index contributed by atoms with van der Waals surface area (Å²) in [6.07, 6.45) is 6.40. The Hall–Kier alpha value is -1.28. The lowest BCUT2D eigenvalue weighted by Crippen LogP contribution is -2.32. The molecule has 1 aromatic rings. The molecule has 21 heavy (non-hydrogen) atoms. The Bertz CT molecular complexity index is 600. The van der Waals surface area contributed by atoms with E-state index in [9.17, 15) is 10.2 Å². The number of aliphatic hydroxyl groups is 1. The van der Waals surface area contributed by atoms with E-state index in [1.165, 1.54) is 23.1 Å². The van der Waals surface area contributed by atoms with Crippen LogP contribution in [0.4, 0.5) is 0 Å². The van der Waals surface area contributed by atoms with E-state index in [2.05, 4.69) is 20.4 Å². The summed E-state index contributed by atoms with van der Waals surface area (Å²) in [5.74, 6) is 0.263. The smallest absolute Gasteiger partial charge is 0.122 e. The number of phenolic OH excluding ortho intramolecular Hbond substituents is 1. The van der Waals surface area contributed by atoms with E-state index in [1.807, 2.05) is 19.1 Å². The minimum atomic E-state index is -0.658. The van der Waals surface area contributed by atoms with Gasteiger partial charge in [-0.25, -0.2) is 0 Å². The Morgan fingerprint density at radius 2 is 1.90 bits per heavy atom. The zero-order valence-electron chi connectivity index (χ0n) is 13.4. The maximum Gasteiger partial charge on any atom is 0.122 e. The molecule has 0 radical (unpaired) electrons. The molecule has 0 saturated heterocycles. The van der Waals surface area contributed by atoms with Crippen LogP contribution in [0.15, 0.2) is 18.7 Å². The van der Waals surface area contributed by atoms with E-state index >= 15 is 0 Å². The van der Waals surface area contributed by atoms with Gasteiger partial charge in [0, 0.05) is 11.0 Å². The third-order valence-electron chi connectivity index (χ3n) is 5.81. The predicted octanol–water partition coefficient (Wildman–Crippen LogP) is 4.18. The molecule has 0 aliphatic heterocycles. The summed E-state index contributed by atoms with van der Waals surface area (Å²) in [6, 6.07) is 1.91. The monoisotopic (exact) mass is 286 g/mol. The Balaban J connectivity index is 2.22. The van der Waals surface area contributed by atoms with Gasteiger partial charge in [0.05, 0.1) is 6.10 Å². The van der Waals surface area contributed by atoms with Gasteiger partial charge < -0.3 is 10.2 Å². The van der Waals surface area contributed by atoms with Crippen molar-refractivity contribution in [2.75, 3.05) is 0 Å². The zero-order chi connectivity index (χ0) is 15.4. The zero-order valence-corrected chi connectivity index (χ0v) is 13.4. The molecule has 2 aliphatic carbocycles. The summed E-state index contributed by atoms with van der Waals surface area (Å²) in [5.41, 5.74) is 4.38. The molecule has 0 saturated carbocycles. The molecule has 2 N–H and O–H groups in total. The third kappa shape index (κ3) is 2.03. The molecule has 0 amide bonds. The second-order valence-electron chi connectivity index (χ2n) is 7.66. The second-order valence-corrected chi connectivity index (χ2v) is 7.66. The van der Waals surface area contributed by atoms with Crippen molar-refractivity contribution in [2.24, 2.45) is 5.41 Å². The van der Waals surface area contributed by atoms with Crippen LogP contribution < -0.4 is 0 Å². The maximum absolute atomic E-state index is 10.8. The summed E-state index contributed by atoms with van der Waals surface area (Å²) < 4.78 is 0. The van der Waals surface area contributed by atoms with Gasteiger partial charge in [0.25, 0.3) is 0 Å². The lowest BCUT2D eigenvalue weighted by molar-refractivity contribution is 0.0521. The van der Waals surface area contributed by atoms with Gasteiger partial charge >= 0.3 is 0 Å². The van der Waals surface area contributed by atoms with Crippen molar-refractivity contribution in [3.63, 3.8) is 0 Å². The Morgan fingerprint density at radius 3 is 2.57 bits per heavy atom. The van der Waals surface area contributed by atoms with Crippen LogP contribution in [0.5, 0.6) is 5.75 Å². The fourth-order valence-corrected chi connectivity index (χ4v) is 4.18. The van der Waals surface area contributed by atoms with Crippen LogP contribution in [0.25, 0.3) is 0 Å². The number of benzene rings is 1. The molecule has 0 heterocycles. The van der Waals surface area contributed by atoms with E-state index in [4.69, 9.17) is 0 Å². The number of aliphatic hydroxyl groups excluding tert-OH is 1. The molecule has 2 nitrogen and oxygen atoms in total. The first-order valence-corrected chi connectivity index (χ1v) is 8.00. The van der Waals surface area contributed by atoms with Gasteiger partial charge in [-0.3, -0.25) is 0 Å². The average molecular weight is 286 g/mol. The highest BCUT2D eigenvalue weighted by molar-refractivity contribution is 5.55. The quantitative estimate of drug-likeness (QED) is 0.760. The lowest BCUT2D eigenvalue weighted by Gasteiger charge is -2.41. The number of phenols is 1. The molecule has 0 unspecified atom stereocenters. The van der Waals surface area contributed by atoms with Crippen molar-refractivity contribution >= 4 is 0 Å². The highest BCUT2D eigenvalue weighted by atomic mass is 16.3. The largest absolute Gasteiger partial charge is 0.508 e. The Morgan fingerprint density at radius 1 is 1.19 bits per heavy atom. The molecule has 0 bridgehead atoms. The molecular weight excluding hydrogens is 260 g/mol. The minimum Gasteiger partial charge on any atom is -0.508 e. The maximum atomic E-state index is 10.8. The highest BCUT2D eigenvalue weighted by Crippen LogP contribution is 2.51. The van der Waals surface area contributed by atoms with E-state index in [-0.39, 0.29) is 16.6 Å². The normalized spacial score (nSPS) is 30.4. The molecule has 3 rings (SSSR count). The van der Waals surface area contributed by atoms with Crippen LogP contribution in [0, 0.1) is 5.41 Å². The first-order chi connectivity index (χ1) is 9.80. The topological polar surface area (TPSA) is 40.5 Å². The van der Waals surface area contributed by atoms with Crippen LogP contribution in [-0.4, -0.2) is 10.2 Å². The van der Waals surface area contributed by atoms with Crippen molar-refractivity contribution in [2.45, 2.75) is 64.4 Å². The Labute approximate surface area is 127 Å². The first kappa shape index (κ1) is 14.6. The average Bonchev–Trinajstić information content (AvgIpc) is 2.43.